The molecule has 0 radical (unpaired) electrons. The maximum Gasteiger partial charge on any atom is 0.279 e. The first-order valence-electron chi connectivity index (χ1n) is 4.39. The molecule has 1 saturated carbocycles. The summed E-state index contributed by atoms with van der Waals surface area (Å²) in [5.74, 6) is -3.13. The summed E-state index contributed by atoms with van der Waals surface area (Å²) in [6, 6.07) is -2.64. The van der Waals surface area contributed by atoms with Crippen molar-refractivity contribution in [3.63, 3.8) is 0 Å². The molecule has 0 spiro atoms. The Balaban J connectivity index is 2.84. The molecule has 0 aliphatic heterocycles. The summed E-state index contributed by atoms with van der Waals surface area (Å²) >= 11 is 0. The standard InChI is InChI=1S/C7H10F2N4O2/c8-7(9)3-1-2-4(11-6(14)15)5(7)12-13-10/h4-5,10-11H,1-3H2/t4-,5-/m1/s1. The van der Waals surface area contributed by atoms with Gasteiger partial charge in [0.25, 0.3) is 5.92 Å². The third-order valence-electron chi connectivity index (χ3n) is 2.32. The van der Waals surface area contributed by atoms with Crippen molar-refractivity contribution in [3.05, 3.63) is 0 Å². The molecule has 1 amide bonds. The molecule has 0 unspecified atom stereocenters. The number of nitrogens with zero attached hydrogens (tertiary/aromatic N) is 2. The van der Waals surface area contributed by atoms with E-state index in [1.54, 1.807) is 0 Å². The smallest absolute Gasteiger partial charge is 0.279 e. The van der Waals surface area contributed by atoms with Crippen LogP contribution in [0.15, 0.2) is 5.11 Å². The zero-order valence-corrected chi connectivity index (χ0v) is 7.74. The molecular formula is C7H10F2N4O2. The highest BCUT2D eigenvalue weighted by molar-refractivity contribution is 5.62. The van der Waals surface area contributed by atoms with Gasteiger partial charge in [0.1, 0.15) is 16.7 Å². The van der Waals surface area contributed by atoms with E-state index in [1.807, 2.05) is 5.32 Å². The summed E-state index contributed by atoms with van der Waals surface area (Å²) in [6.45, 7) is 0. The number of carboxylic acid groups (broad SMARTS) is 1. The Morgan fingerprint density at radius 3 is 2.87 bits per heavy atom. The quantitative estimate of drug-likeness (QED) is 0.506. The van der Waals surface area contributed by atoms with Gasteiger partial charge in [0, 0.05) is 6.42 Å². The van der Waals surface area contributed by atoms with E-state index in [9.17, 15) is 18.7 Å². The lowest BCUT2D eigenvalue weighted by Crippen LogP contribution is -2.55. The Labute approximate surface area is 83.9 Å². The SMILES string of the molecule is N=[N+]=N[C@@H]1[C@H](NC(=O)[O-])CCCC1(F)F. The number of rotatable bonds is 2. The van der Waals surface area contributed by atoms with Gasteiger partial charge in [-0.25, -0.2) is 8.78 Å². The van der Waals surface area contributed by atoms with E-state index in [0.29, 0.717) is 0 Å². The number of hydrogen-bond acceptors (Lipinski definition) is 4. The molecule has 1 aliphatic rings. The first-order valence-corrected chi connectivity index (χ1v) is 4.39. The van der Waals surface area contributed by atoms with Crippen LogP contribution in [0, 0.1) is 5.53 Å². The van der Waals surface area contributed by atoms with Crippen molar-refractivity contribution < 1.29 is 18.7 Å². The summed E-state index contributed by atoms with van der Waals surface area (Å²) in [6.07, 6.45) is -1.56. The van der Waals surface area contributed by atoms with Crippen LogP contribution in [0.25, 0.3) is 0 Å². The molecule has 1 fully saturated rings. The average Bonchev–Trinajstić information content (AvgIpc) is 2.10. The van der Waals surface area contributed by atoms with Crippen molar-refractivity contribution in [1.82, 2.24) is 10.2 Å². The number of carbonyl (C=O) groups excluding carboxylic acids is 1. The highest BCUT2D eigenvalue weighted by atomic mass is 19.3. The van der Waals surface area contributed by atoms with E-state index in [0.717, 1.165) is 0 Å². The Hall–Kier alpha value is -1.56. The van der Waals surface area contributed by atoms with Crippen LogP contribution in [-0.4, -0.2) is 24.1 Å². The van der Waals surface area contributed by atoms with Crippen molar-refractivity contribution in [2.24, 2.45) is 5.11 Å². The highest BCUT2D eigenvalue weighted by Gasteiger charge is 2.50. The second-order valence-corrected chi connectivity index (χ2v) is 3.35. The van der Waals surface area contributed by atoms with Crippen LogP contribution in [0.3, 0.4) is 0 Å². The second kappa shape index (κ2) is 4.31. The van der Waals surface area contributed by atoms with Crippen molar-refractivity contribution in [3.8, 4) is 0 Å². The molecule has 0 bridgehead atoms. The van der Waals surface area contributed by atoms with Crippen LogP contribution >= 0.6 is 0 Å². The summed E-state index contributed by atoms with van der Waals surface area (Å²) < 4.78 is 26.5. The van der Waals surface area contributed by atoms with Crippen molar-refractivity contribution in [2.45, 2.75) is 37.3 Å². The maximum absolute atomic E-state index is 13.3. The van der Waals surface area contributed by atoms with Gasteiger partial charge in [-0.15, -0.1) is 0 Å². The minimum absolute atomic E-state index is 0.196. The molecule has 8 heteroatoms. The zero-order valence-electron chi connectivity index (χ0n) is 7.74. The lowest BCUT2D eigenvalue weighted by molar-refractivity contribution is -0.252. The monoisotopic (exact) mass is 220 g/mol. The molecule has 0 aromatic heterocycles. The largest absolute Gasteiger partial charge is 0.530 e. The Morgan fingerprint density at radius 2 is 2.33 bits per heavy atom. The van der Waals surface area contributed by atoms with Gasteiger partial charge in [-0.1, -0.05) is 0 Å². The van der Waals surface area contributed by atoms with Gasteiger partial charge >= 0.3 is 0 Å². The summed E-state index contributed by atoms with van der Waals surface area (Å²) in [4.78, 5) is 12.8. The number of carbonyl (C=O) groups is 1. The van der Waals surface area contributed by atoms with Crippen LogP contribution in [0.2, 0.25) is 0 Å². The molecule has 0 saturated heterocycles. The van der Waals surface area contributed by atoms with E-state index < -0.39 is 24.1 Å². The third-order valence-corrected chi connectivity index (χ3v) is 2.32. The van der Waals surface area contributed by atoms with Crippen molar-refractivity contribution >= 4 is 6.09 Å². The van der Waals surface area contributed by atoms with Crippen LogP contribution in [-0.2, 0) is 0 Å². The van der Waals surface area contributed by atoms with Crippen LogP contribution < -0.4 is 15.3 Å². The fraction of sp³-hybridized carbons (Fsp3) is 0.857. The molecule has 0 heterocycles. The Kier molecular flexibility index (Phi) is 3.31. The molecule has 1 rings (SSSR count). The van der Waals surface area contributed by atoms with Gasteiger partial charge in [0.05, 0.1) is 6.04 Å². The number of amides is 1. The van der Waals surface area contributed by atoms with Gasteiger partial charge in [-0.05, 0) is 12.8 Å². The summed E-state index contributed by atoms with van der Waals surface area (Å²) in [5.41, 5.74) is 6.42. The van der Waals surface area contributed by atoms with Gasteiger partial charge in [-0.3, -0.25) is 0 Å². The molecule has 0 aromatic carbocycles. The zero-order chi connectivity index (χ0) is 11.5. The number of alkyl halides is 2. The maximum atomic E-state index is 13.3. The number of halogens is 2. The lowest BCUT2D eigenvalue weighted by Gasteiger charge is -2.32. The normalized spacial score (nSPS) is 28.9. The molecule has 15 heavy (non-hydrogen) atoms. The predicted octanol–water partition coefficient (Wildman–Crippen LogP) is 0.0261. The van der Waals surface area contributed by atoms with Crippen LogP contribution in [0.5, 0.6) is 0 Å². The number of hydrogen-bond donors (Lipinski definition) is 2. The van der Waals surface area contributed by atoms with E-state index in [-0.39, 0.29) is 19.3 Å². The topological polar surface area (TPSA) is 102 Å². The summed E-state index contributed by atoms with van der Waals surface area (Å²) in [7, 11) is 0. The Morgan fingerprint density at radius 1 is 1.67 bits per heavy atom. The van der Waals surface area contributed by atoms with E-state index in [2.05, 4.69) is 10.0 Å². The molecular weight excluding hydrogens is 210 g/mol. The second-order valence-electron chi connectivity index (χ2n) is 3.35. The molecule has 1 aliphatic carbocycles. The molecule has 2 atom stereocenters. The first kappa shape index (κ1) is 11.5. The van der Waals surface area contributed by atoms with Crippen LogP contribution in [0.1, 0.15) is 19.3 Å². The number of nitrogens with one attached hydrogen (secondary N) is 2. The Bertz CT molecular complexity index is 303. The molecule has 2 N–H and O–H groups in total. The van der Waals surface area contributed by atoms with Crippen LogP contribution in [0.4, 0.5) is 13.6 Å². The van der Waals surface area contributed by atoms with Gasteiger partial charge in [-0.2, -0.15) is 0 Å². The molecule has 6 nitrogen and oxygen atoms in total. The minimum Gasteiger partial charge on any atom is -0.530 e. The van der Waals surface area contributed by atoms with Gasteiger partial charge in [0.2, 0.25) is 11.0 Å². The average molecular weight is 220 g/mol. The summed E-state index contributed by atoms with van der Waals surface area (Å²) in [5, 5.41) is 15.2. The lowest BCUT2D eigenvalue weighted by atomic mass is 9.87. The highest BCUT2D eigenvalue weighted by Crippen LogP contribution is 2.35. The first-order chi connectivity index (χ1) is 6.97. The van der Waals surface area contributed by atoms with E-state index >= 15 is 0 Å². The predicted molar refractivity (Wildman–Crippen MR) is 42.2 cm³/mol. The van der Waals surface area contributed by atoms with Crippen molar-refractivity contribution in [2.75, 3.05) is 0 Å². The fourth-order valence-electron chi connectivity index (χ4n) is 1.69. The molecule has 84 valence electrons. The van der Waals surface area contributed by atoms with Crippen molar-refractivity contribution in [1.29, 1.82) is 5.53 Å². The van der Waals surface area contributed by atoms with E-state index in [1.165, 1.54) is 0 Å². The van der Waals surface area contributed by atoms with Gasteiger partial charge < -0.3 is 15.2 Å². The van der Waals surface area contributed by atoms with E-state index in [4.69, 9.17) is 5.53 Å². The molecule has 0 aromatic rings. The third kappa shape index (κ3) is 2.69. The fourth-order valence-corrected chi connectivity index (χ4v) is 1.69. The van der Waals surface area contributed by atoms with Gasteiger partial charge in [0.15, 0.2) is 0 Å². The minimum atomic E-state index is -3.13.